The highest BCUT2D eigenvalue weighted by atomic mass is 28.4. The van der Waals surface area contributed by atoms with Crippen molar-refractivity contribution in [3.8, 4) is 0 Å². The predicted octanol–water partition coefficient (Wildman–Crippen LogP) is 8.37. The molecule has 0 aromatic rings. The van der Waals surface area contributed by atoms with Crippen molar-refractivity contribution >= 4 is 9.05 Å². The molecule has 0 saturated heterocycles. The Morgan fingerprint density at radius 2 is 0.806 bits per heavy atom. The third-order valence-corrected chi connectivity index (χ3v) is 7.64. The van der Waals surface area contributed by atoms with Gasteiger partial charge in [0.05, 0.1) is 0 Å². The second-order valence-corrected chi connectivity index (χ2v) is 10.7. The van der Waals surface area contributed by atoms with Gasteiger partial charge in [-0.2, -0.15) is 0 Å². The summed E-state index contributed by atoms with van der Waals surface area (Å²) in [5, 5.41) is 0. The van der Waals surface area contributed by atoms with E-state index in [0.29, 0.717) is 26.4 Å². The van der Waals surface area contributed by atoms with Gasteiger partial charge in [0, 0.05) is 26.4 Å². The SMILES string of the molecule is C=CCCCCCCO[Si](OCCCCCC)(OCCCCCC)OCCCCCC. The monoisotopic (exact) mass is 458 g/mol. The van der Waals surface area contributed by atoms with Gasteiger partial charge >= 0.3 is 9.05 Å². The lowest BCUT2D eigenvalue weighted by molar-refractivity contribution is -0.0375. The zero-order chi connectivity index (χ0) is 22.9. The van der Waals surface area contributed by atoms with Gasteiger partial charge in [0.25, 0.3) is 0 Å². The third kappa shape index (κ3) is 20.2. The van der Waals surface area contributed by atoms with Crippen LogP contribution in [0.1, 0.15) is 130 Å². The van der Waals surface area contributed by atoms with E-state index in [4.69, 9.17) is 17.7 Å². The molecule has 0 saturated carbocycles. The van der Waals surface area contributed by atoms with Crippen LogP contribution in [0.4, 0.5) is 0 Å². The van der Waals surface area contributed by atoms with Crippen LogP contribution in [0.3, 0.4) is 0 Å². The Kier molecular flexibility index (Phi) is 24.3. The zero-order valence-electron chi connectivity index (χ0n) is 21.3. The molecule has 0 aliphatic rings. The van der Waals surface area contributed by atoms with E-state index in [1.165, 1.54) is 77.0 Å². The van der Waals surface area contributed by atoms with E-state index < -0.39 is 9.05 Å². The maximum absolute atomic E-state index is 6.31. The Labute approximate surface area is 196 Å². The van der Waals surface area contributed by atoms with Crippen LogP contribution < -0.4 is 0 Å². The molecule has 0 fully saturated rings. The fourth-order valence-electron chi connectivity index (χ4n) is 3.37. The summed E-state index contributed by atoms with van der Waals surface area (Å²) in [7, 11) is -3.07. The average molecular weight is 459 g/mol. The van der Waals surface area contributed by atoms with Crippen LogP contribution in [0.15, 0.2) is 12.7 Å². The summed E-state index contributed by atoms with van der Waals surface area (Å²) in [5.74, 6) is 0. The summed E-state index contributed by atoms with van der Waals surface area (Å²) in [6.07, 6.45) is 21.9. The molecule has 0 bridgehead atoms. The van der Waals surface area contributed by atoms with E-state index in [9.17, 15) is 0 Å². The molecule has 5 heteroatoms. The molecule has 186 valence electrons. The van der Waals surface area contributed by atoms with Gasteiger partial charge in [0.15, 0.2) is 0 Å². The van der Waals surface area contributed by atoms with E-state index in [0.717, 1.165) is 32.1 Å². The Balaban J connectivity index is 4.70. The number of allylic oxidation sites excluding steroid dienone is 1. The minimum absolute atomic E-state index is 0.666. The molecule has 0 spiro atoms. The van der Waals surface area contributed by atoms with Crippen LogP contribution in [0.2, 0.25) is 0 Å². The largest absolute Gasteiger partial charge is 0.679 e. The Morgan fingerprint density at radius 3 is 1.13 bits per heavy atom. The van der Waals surface area contributed by atoms with Crippen molar-refractivity contribution < 1.29 is 17.7 Å². The van der Waals surface area contributed by atoms with Crippen LogP contribution >= 0.6 is 0 Å². The van der Waals surface area contributed by atoms with Crippen molar-refractivity contribution in [1.82, 2.24) is 0 Å². The molecule has 0 N–H and O–H groups in total. The van der Waals surface area contributed by atoms with Crippen LogP contribution in [0.5, 0.6) is 0 Å². The lowest BCUT2D eigenvalue weighted by Gasteiger charge is -2.28. The van der Waals surface area contributed by atoms with Crippen molar-refractivity contribution in [2.24, 2.45) is 0 Å². The molecule has 31 heavy (non-hydrogen) atoms. The first-order valence-electron chi connectivity index (χ1n) is 13.4. The quantitative estimate of drug-likeness (QED) is 0.0741. The van der Waals surface area contributed by atoms with Crippen molar-refractivity contribution in [2.45, 2.75) is 130 Å². The molecule has 0 aliphatic heterocycles. The number of hydrogen-bond acceptors (Lipinski definition) is 4. The van der Waals surface area contributed by atoms with Crippen LogP contribution in [-0.4, -0.2) is 35.5 Å². The average Bonchev–Trinajstić information content (AvgIpc) is 2.78. The summed E-state index contributed by atoms with van der Waals surface area (Å²) in [4.78, 5) is 0. The second-order valence-electron chi connectivity index (χ2n) is 8.57. The fraction of sp³-hybridized carbons (Fsp3) is 0.923. The summed E-state index contributed by atoms with van der Waals surface area (Å²) in [6, 6.07) is 0. The van der Waals surface area contributed by atoms with E-state index in [1.807, 2.05) is 6.08 Å². The lowest BCUT2D eigenvalue weighted by Crippen LogP contribution is -2.50. The van der Waals surface area contributed by atoms with Crippen LogP contribution in [0.25, 0.3) is 0 Å². The third-order valence-electron chi connectivity index (χ3n) is 5.41. The maximum atomic E-state index is 6.31. The topological polar surface area (TPSA) is 36.9 Å². The molecule has 0 aromatic heterocycles. The molecular weight excluding hydrogens is 404 g/mol. The van der Waals surface area contributed by atoms with Gasteiger partial charge in [-0.05, 0) is 38.5 Å². The highest BCUT2D eigenvalue weighted by molar-refractivity contribution is 6.53. The van der Waals surface area contributed by atoms with Gasteiger partial charge in [-0.1, -0.05) is 97.5 Å². The summed E-state index contributed by atoms with van der Waals surface area (Å²) >= 11 is 0. The predicted molar refractivity (Wildman–Crippen MR) is 135 cm³/mol. The van der Waals surface area contributed by atoms with E-state index in [-0.39, 0.29) is 0 Å². The van der Waals surface area contributed by atoms with Gasteiger partial charge in [-0.25, -0.2) is 0 Å². The molecule has 0 aromatic carbocycles. The highest BCUT2D eigenvalue weighted by Gasteiger charge is 2.45. The molecule has 0 radical (unpaired) electrons. The molecule has 0 unspecified atom stereocenters. The van der Waals surface area contributed by atoms with Crippen molar-refractivity contribution in [3.05, 3.63) is 12.7 Å². The lowest BCUT2D eigenvalue weighted by atomic mass is 10.1. The van der Waals surface area contributed by atoms with E-state index >= 15 is 0 Å². The Morgan fingerprint density at radius 1 is 0.484 bits per heavy atom. The number of hydrogen-bond donors (Lipinski definition) is 0. The normalized spacial score (nSPS) is 11.8. The second kappa shape index (κ2) is 24.4. The smallest absolute Gasteiger partial charge is 0.351 e. The van der Waals surface area contributed by atoms with Crippen molar-refractivity contribution in [1.29, 1.82) is 0 Å². The van der Waals surface area contributed by atoms with Crippen LogP contribution in [-0.2, 0) is 17.7 Å². The molecule has 4 nitrogen and oxygen atoms in total. The van der Waals surface area contributed by atoms with Gasteiger partial charge < -0.3 is 17.7 Å². The molecular formula is C26H54O4Si. The minimum atomic E-state index is -3.07. The standard InChI is InChI=1S/C26H54O4Si/c1-5-9-13-17-18-22-26-30-31(27-23-19-14-10-6-2,28-24-20-15-11-7-3)29-25-21-16-12-8-4/h5H,1,6-26H2,2-4H3. The zero-order valence-corrected chi connectivity index (χ0v) is 22.3. The van der Waals surface area contributed by atoms with Gasteiger partial charge in [0.1, 0.15) is 0 Å². The summed E-state index contributed by atoms with van der Waals surface area (Å²) < 4.78 is 25.2. The number of rotatable bonds is 26. The first kappa shape index (κ1) is 30.8. The molecule has 0 aliphatic carbocycles. The van der Waals surface area contributed by atoms with Gasteiger partial charge in [-0.3, -0.25) is 0 Å². The molecule has 0 atom stereocenters. The van der Waals surface area contributed by atoms with Crippen LogP contribution in [0, 0.1) is 0 Å². The Bertz CT molecular complexity index is 329. The molecule has 0 amide bonds. The first-order chi connectivity index (χ1) is 15.2. The number of unbranched alkanes of at least 4 members (excludes halogenated alkanes) is 13. The van der Waals surface area contributed by atoms with E-state index in [2.05, 4.69) is 27.4 Å². The molecule has 0 heterocycles. The van der Waals surface area contributed by atoms with Gasteiger partial charge in [0.2, 0.25) is 0 Å². The van der Waals surface area contributed by atoms with E-state index in [1.54, 1.807) is 0 Å². The van der Waals surface area contributed by atoms with Crippen molar-refractivity contribution in [3.63, 3.8) is 0 Å². The first-order valence-corrected chi connectivity index (χ1v) is 15.0. The molecule has 0 rings (SSSR count). The summed E-state index contributed by atoms with van der Waals surface area (Å²) in [6.45, 7) is 13.2. The Hall–Kier alpha value is -0.203. The highest BCUT2D eigenvalue weighted by Crippen LogP contribution is 2.17. The minimum Gasteiger partial charge on any atom is -0.351 e. The maximum Gasteiger partial charge on any atom is 0.679 e. The van der Waals surface area contributed by atoms with Gasteiger partial charge in [-0.15, -0.1) is 6.58 Å². The van der Waals surface area contributed by atoms with Crippen molar-refractivity contribution in [2.75, 3.05) is 26.4 Å². The fourth-order valence-corrected chi connectivity index (χ4v) is 5.45. The summed E-state index contributed by atoms with van der Waals surface area (Å²) in [5.41, 5.74) is 0.